The average molecular weight is 752 g/mol. The molecule has 2 N–H and O–H groups in total. The molecule has 2 aliphatic rings. The molecule has 2 fully saturated rings. The fourth-order valence-electron chi connectivity index (χ4n) is 8.96. The van der Waals surface area contributed by atoms with Crippen LogP contribution in [0, 0.1) is 10.3 Å². The van der Waals surface area contributed by atoms with Gasteiger partial charge in [0.15, 0.2) is 0 Å². The van der Waals surface area contributed by atoms with Gasteiger partial charge in [0.25, 0.3) is 0 Å². The summed E-state index contributed by atoms with van der Waals surface area (Å²) in [6.45, 7) is 0. The van der Waals surface area contributed by atoms with Crippen molar-refractivity contribution in [2.75, 3.05) is 0 Å². The van der Waals surface area contributed by atoms with Crippen molar-refractivity contribution in [1.82, 2.24) is 0 Å². The molecule has 0 bridgehead atoms. The number of fused-ring (bicyclic) bond motifs is 2. The Hall–Kier alpha value is -5.95. The lowest BCUT2D eigenvalue weighted by molar-refractivity contribution is 0.253. The average Bonchev–Trinajstić information content (AvgIpc) is 3.21. The molecule has 56 heavy (non-hydrogen) atoms. The lowest BCUT2D eigenvalue weighted by Crippen LogP contribution is -2.43. The summed E-state index contributed by atoms with van der Waals surface area (Å²) in [5.41, 5.74) is 13.4. The van der Waals surface area contributed by atoms with Crippen molar-refractivity contribution >= 4 is 34.2 Å². The van der Waals surface area contributed by atoms with Gasteiger partial charge in [0.2, 0.25) is 5.43 Å². The largest absolute Gasteiger partial charge is 0.455 e. The summed E-state index contributed by atoms with van der Waals surface area (Å²) in [6.07, 6.45) is 5.26. The Balaban J connectivity index is 1.14. The van der Waals surface area contributed by atoms with Gasteiger partial charge in [-0.15, -0.1) is 0 Å². The molecule has 0 radical (unpaired) electrons. The Morgan fingerprint density at radius 3 is 1.68 bits per heavy atom. The monoisotopic (exact) mass is 751 g/mol. The van der Waals surface area contributed by atoms with E-state index in [2.05, 4.69) is 24.3 Å². The first kappa shape index (κ1) is 34.5. The number of para-hydroxylation sites is 1. The summed E-state index contributed by atoms with van der Waals surface area (Å²) < 4.78 is 30.6. The smallest absolute Gasteiger partial charge is 0.201 e. The molecule has 0 amide bonds. The predicted octanol–water partition coefficient (Wildman–Crippen LogP) is 12.9. The molecule has 0 spiro atoms. The maximum absolute atomic E-state index is 16.7. The highest BCUT2D eigenvalue weighted by molar-refractivity contribution is 7.71. The predicted molar refractivity (Wildman–Crippen MR) is 226 cm³/mol. The van der Waals surface area contributed by atoms with E-state index in [-0.39, 0.29) is 16.4 Å². The van der Waals surface area contributed by atoms with E-state index in [1.165, 1.54) is 6.07 Å². The maximum atomic E-state index is 16.7. The van der Waals surface area contributed by atoms with Crippen LogP contribution in [0.4, 0.5) is 4.39 Å². The molecule has 274 valence electrons. The van der Waals surface area contributed by atoms with E-state index < -0.39 is 11.2 Å². The molecule has 4 nitrogen and oxygen atoms in total. The topological polar surface area (TPSA) is 69.4 Å². The van der Waals surface area contributed by atoms with E-state index in [1.54, 1.807) is 6.07 Å². The van der Waals surface area contributed by atoms with Gasteiger partial charge in [0.1, 0.15) is 28.5 Å². The van der Waals surface area contributed by atoms with Crippen LogP contribution in [0.2, 0.25) is 0 Å². The molecule has 6 heteroatoms. The first-order valence-corrected chi connectivity index (χ1v) is 19.7. The van der Waals surface area contributed by atoms with Gasteiger partial charge in [0, 0.05) is 38.6 Å². The molecule has 0 unspecified atom stereocenters. The molecule has 10 rings (SSSR count). The first-order chi connectivity index (χ1) is 27.3. The van der Waals surface area contributed by atoms with Gasteiger partial charge in [-0.3, -0.25) is 4.79 Å². The molecule has 6 aromatic carbocycles. The molecular formula is C50H38FNO3S. The fraction of sp³-hybridized carbons (Fsp3) is 0.160. The van der Waals surface area contributed by atoms with Crippen LogP contribution in [0.3, 0.4) is 0 Å². The molecule has 0 atom stereocenters. The van der Waals surface area contributed by atoms with Crippen molar-refractivity contribution in [3.8, 4) is 44.9 Å². The van der Waals surface area contributed by atoms with Crippen LogP contribution >= 0.6 is 12.2 Å². The second-order valence-corrected chi connectivity index (χ2v) is 15.8. The Kier molecular flexibility index (Phi) is 8.24. The van der Waals surface area contributed by atoms with E-state index in [0.717, 1.165) is 70.0 Å². The van der Waals surface area contributed by atoms with Gasteiger partial charge in [0.05, 0.1) is 15.5 Å². The van der Waals surface area contributed by atoms with Crippen LogP contribution in [0.15, 0.2) is 159 Å². The minimum atomic E-state index is -0.727. The highest BCUT2D eigenvalue weighted by Gasteiger charge is 2.44. The minimum Gasteiger partial charge on any atom is -0.455 e. The van der Waals surface area contributed by atoms with E-state index in [9.17, 15) is 0 Å². The number of rotatable bonds is 7. The van der Waals surface area contributed by atoms with Crippen molar-refractivity contribution in [1.29, 1.82) is 0 Å². The van der Waals surface area contributed by atoms with E-state index in [1.807, 2.05) is 109 Å². The third-order valence-corrected chi connectivity index (χ3v) is 12.7. The van der Waals surface area contributed by atoms with Gasteiger partial charge in [-0.25, -0.2) is 4.39 Å². The zero-order valence-corrected chi connectivity index (χ0v) is 31.5. The van der Waals surface area contributed by atoms with E-state index in [0.29, 0.717) is 51.1 Å². The number of benzene rings is 6. The summed E-state index contributed by atoms with van der Waals surface area (Å²) in [5, 5.41) is 1.15. The third-order valence-electron chi connectivity index (χ3n) is 12.3. The lowest BCUT2D eigenvalue weighted by atomic mass is 9.59. The SMILES string of the molecule is NC1(c2ccc(-c3c(-c4ccccc4)oc4ccc(F)c(C5(c6ccc(-c7c(-c8ccccc8)oc8ccccc8c7=S)cc6)CCC5)c4c3=O)cc2)CCC1. The Labute approximate surface area is 329 Å². The zero-order valence-electron chi connectivity index (χ0n) is 30.7. The zero-order chi connectivity index (χ0) is 38.0. The summed E-state index contributed by atoms with van der Waals surface area (Å²) in [4.78, 5) is 15.1. The number of hydrogen-bond acceptors (Lipinski definition) is 5. The van der Waals surface area contributed by atoms with Crippen molar-refractivity contribution in [2.45, 2.75) is 49.5 Å². The summed E-state index contributed by atoms with van der Waals surface area (Å²) >= 11 is 6.14. The highest BCUT2D eigenvalue weighted by Crippen LogP contribution is 2.52. The van der Waals surface area contributed by atoms with Crippen LogP contribution < -0.4 is 11.2 Å². The first-order valence-electron chi connectivity index (χ1n) is 19.3. The van der Waals surface area contributed by atoms with Crippen LogP contribution in [-0.2, 0) is 11.0 Å². The molecule has 8 aromatic rings. The molecular weight excluding hydrogens is 714 g/mol. The molecule has 0 saturated heterocycles. The summed E-state index contributed by atoms with van der Waals surface area (Å²) in [5.74, 6) is 0.744. The number of hydrogen-bond donors (Lipinski definition) is 1. The number of halogens is 1. The van der Waals surface area contributed by atoms with Gasteiger partial charge >= 0.3 is 0 Å². The van der Waals surface area contributed by atoms with Crippen LogP contribution in [0.5, 0.6) is 0 Å². The van der Waals surface area contributed by atoms with Crippen LogP contribution in [0.25, 0.3) is 66.8 Å². The number of nitrogens with two attached hydrogens (primary N) is 1. The highest BCUT2D eigenvalue weighted by atomic mass is 32.1. The van der Waals surface area contributed by atoms with Crippen molar-refractivity contribution in [2.24, 2.45) is 5.73 Å². The lowest BCUT2D eigenvalue weighted by Gasteiger charge is -2.43. The van der Waals surface area contributed by atoms with Crippen molar-refractivity contribution in [3.05, 3.63) is 183 Å². The standard InChI is InChI=1S/C50H38FNO3S/c51-38-25-26-40-43(45(53)41(46(55-40)33-11-3-1-4-12-33)31-19-23-36(24-20-31)50(52)29-10-30-50)44(38)49(27-9-28-49)35-21-17-32(18-22-35)42-47(34-13-5-2-6-14-34)54-39-16-8-7-15-37(39)48(42)56/h1-8,11-26H,9-10,27-30,52H2. The summed E-state index contributed by atoms with van der Waals surface area (Å²) in [7, 11) is 0. The van der Waals surface area contributed by atoms with Crippen LogP contribution in [-0.4, -0.2) is 0 Å². The third kappa shape index (κ3) is 5.42. The normalized spacial score (nSPS) is 15.7. The second-order valence-electron chi connectivity index (χ2n) is 15.4. The van der Waals surface area contributed by atoms with Crippen molar-refractivity contribution < 1.29 is 13.2 Å². The van der Waals surface area contributed by atoms with Gasteiger partial charge in [-0.2, -0.15) is 0 Å². The molecule has 2 heterocycles. The second kappa shape index (κ2) is 13.4. The van der Waals surface area contributed by atoms with Gasteiger partial charge in [-0.1, -0.05) is 140 Å². The maximum Gasteiger partial charge on any atom is 0.201 e. The molecule has 2 saturated carbocycles. The van der Waals surface area contributed by atoms with E-state index >= 15 is 9.18 Å². The van der Waals surface area contributed by atoms with E-state index in [4.69, 9.17) is 26.8 Å². The molecule has 2 aromatic heterocycles. The summed E-state index contributed by atoms with van der Waals surface area (Å²) in [6, 6.07) is 46.7. The fourth-order valence-corrected chi connectivity index (χ4v) is 9.34. The Bertz CT molecular complexity index is 2910. The molecule has 2 aliphatic carbocycles. The van der Waals surface area contributed by atoms with Gasteiger partial charge in [-0.05, 0) is 78.6 Å². The Morgan fingerprint density at radius 1 is 0.554 bits per heavy atom. The van der Waals surface area contributed by atoms with Crippen molar-refractivity contribution in [3.63, 3.8) is 0 Å². The molecule has 0 aliphatic heterocycles. The van der Waals surface area contributed by atoms with Gasteiger partial charge < -0.3 is 14.6 Å². The van der Waals surface area contributed by atoms with Crippen LogP contribution in [0.1, 0.15) is 55.2 Å². The minimum absolute atomic E-state index is 0.248. The quantitative estimate of drug-likeness (QED) is 0.164. The Morgan fingerprint density at radius 2 is 1.09 bits per heavy atom.